The second kappa shape index (κ2) is 6.96. The van der Waals surface area contributed by atoms with Crippen molar-refractivity contribution in [2.75, 3.05) is 5.73 Å². The third-order valence-electron chi connectivity index (χ3n) is 3.76. The minimum absolute atomic E-state index is 0.198. The molecule has 1 atom stereocenters. The van der Waals surface area contributed by atoms with Crippen LogP contribution in [-0.4, -0.2) is 25.7 Å². The lowest BCUT2D eigenvalue weighted by Crippen LogP contribution is -2.11. The molecule has 3 rings (SSSR count). The molecule has 3 aromatic heterocycles. The van der Waals surface area contributed by atoms with Gasteiger partial charge in [0.2, 0.25) is 0 Å². The number of rotatable bonds is 4. The van der Waals surface area contributed by atoms with Gasteiger partial charge in [0.1, 0.15) is 11.0 Å². The quantitative estimate of drug-likeness (QED) is 0.394. The van der Waals surface area contributed by atoms with Gasteiger partial charge in [0.05, 0.1) is 29.1 Å². The Bertz CT molecular complexity index is 937. The number of thioether (sulfide) groups is 1. The van der Waals surface area contributed by atoms with Gasteiger partial charge in [0.15, 0.2) is 5.16 Å². The number of aryl methyl sites for hydroxylation is 1. The van der Waals surface area contributed by atoms with E-state index in [9.17, 15) is 13.2 Å². The summed E-state index contributed by atoms with van der Waals surface area (Å²) >= 11 is 7.15. The van der Waals surface area contributed by atoms with Crippen LogP contribution in [0.1, 0.15) is 23.4 Å². The lowest BCUT2D eigenvalue weighted by atomic mass is 10.1. The highest BCUT2D eigenvalue weighted by atomic mass is 35.5. The Balaban J connectivity index is 1.93. The van der Waals surface area contributed by atoms with E-state index in [0.717, 1.165) is 0 Å². The third kappa shape index (κ3) is 4.21. The number of pyridine rings is 1. The average molecular weight is 402 g/mol. The molecular weight excluding hydrogens is 387 g/mol. The van der Waals surface area contributed by atoms with E-state index in [1.807, 2.05) is 6.92 Å². The van der Waals surface area contributed by atoms with Gasteiger partial charge in [-0.15, -0.1) is 0 Å². The second-order valence-electron chi connectivity index (χ2n) is 5.84. The highest BCUT2D eigenvalue weighted by Crippen LogP contribution is 2.35. The molecule has 3 aromatic rings. The van der Waals surface area contributed by atoms with Gasteiger partial charge < -0.3 is 10.3 Å². The van der Waals surface area contributed by atoms with Crippen LogP contribution in [0.3, 0.4) is 0 Å². The standard InChI is InChI=1S/C16H15ClF3N5S/c1-8(26-15-23-13(17)4-14(21)24-15)11-3-10-9(5-16(18,19)20)7-25(2)12(10)6-22-11/h3-4,6-8H,5H2,1-2H3,(H2,21,23,24). The molecule has 26 heavy (non-hydrogen) atoms. The van der Waals surface area contributed by atoms with E-state index in [4.69, 9.17) is 17.3 Å². The first-order valence-corrected chi connectivity index (χ1v) is 8.85. The summed E-state index contributed by atoms with van der Waals surface area (Å²) in [6, 6.07) is 3.12. The molecule has 2 N–H and O–H groups in total. The molecule has 138 valence electrons. The highest BCUT2D eigenvalue weighted by molar-refractivity contribution is 7.99. The fourth-order valence-electron chi connectivity index (χ4n) is 2.64. The predicted molar refractivity (Wildman–Crippen MR) is 96.2 cm³/mol. The third-order valence-corrected chi connectivity index (χ3v) is 4.95. The molecule has 0 fully saturated rings. The number of alkyl halides is 3. The van der Waals surface area contributed by atoms with Crippen LogP contribution in [0.25, 0.3) is 10.9 Å². The SMILES string of the molecule is CC(Sc1nc(N)cc(Cl)n1)c1cc2c(CC(F)(F)F)cn(C)c2cn1. The lowest BCUT2D eigenvalue weighted by Gasteiger charge is -2.11. The zero-order valence-electron chi connectivity index (χ0n) is 13.9. The monoisotopic (exact) mass is 401 g/mol. The zero-order valence-corrected chi connectivity index (χ0v) is 15.5. The molecule has 3 heterocycles. The molecule has 0 bridgehead atoms. The summed E-state index contributed by atoms with van der Waals surface area (Å²) in [5.41, 5.74) is 7.15. The number of halogens is 4. The Morgan fingerprint density at radius 1 is 1.31 bits per heavy atom. The summed E-state index contributed by atoms with van der Waals surface area (Å²) in [5.74, 6) is 0.249. The summed E-state index contributed by atoms with van der Waals surface area (Å²) < 4.78 is 40.1. The molecule has 0 aliphatic heterocycles. The van der Waals surface area contributed by atoms with Crippen molar-refractivity contribution in [1.29, 1.82) is 0 Å². The zero-order chi connectivity index (χ0) is 19.1. The van der Waals surface area contributed by atoms with Crippen LogP contribution < -0.4 is 5.73 Å². The van der Waals surface area contributed by atoms with Gasteiger partial charge in [-0.25, -0.2) is 9.97 Å². The first-order valence-electron chi connectivity index (χ1n) is 7.59. The number of hydrogen-bond donors (Lipinski definition) is 1. The Morgan fingerprint density at radius 3 is 2.69 bits per heavy atom. The van der Waals surface area contributed by atoms with Crippen LogP contribution >= 0.6 is 23.4 Å². The second-order valence-corrected chi connectivity index (χ2v) is 7.54. The van der Waals surface area contributed by atoms with Crippen molar-refractivity contribution >= 4 is 40.1 Å². The maximum absolute atomic E-state index is 12.8. The van der Waals surface area contributed by atoms with E-state index in [1.54, 1.807) is 23.9 Å². The molecule has 10 heteroatoms. The van der Waals surface area contributed by atoms with Gasteiger partial charge in [-0.2, -0.15) is 13.2 Å². The molecule has 0 spiro atoms. The van der Waals surface area contributed by atoms with E-state index in [0.29, 0.717) is 21.8 Å². The molecule has 0 radical (unpaired) electrons. The van der Waals surface area contributed by atoms with Gasteiger partial charge in [0, 0.05) is 24.7 Å². The number of hydrogen-bond acceptors (Lipinski definition) is 5. The number of nitrogens with zero attached hydrogens (tertiary/aromatic N) is 4. The summed E-state index contributed by atoms with van der Waals surface area (Å²) in [7, 11) is 1.70. The molecule has 0 aliphatic carbocycles. The number of nitrogens with two attached hydrogens (primary N) is 1. The summed E-state index contributed by atoms with van der Waals surface area (Å²) in [4.78, 5) is 12.6. The largest absolute Gasteiger partial charge is 0.393 e. The van der Waals surface area contributed by atoms with E-state index in [-0.39, 0.29) is 21.8 Å². The van der Waals surface area contributed by atoms with Gasteiger partial charge in [0.25, 0.3) is 0 Å². The van der Waals surface area contributed by atoms with Crippen molar-refractivity contribution in [3.8, 4) is 0 Å². The summed E-state index contributed by atoms with van der Waals surface area (Å²) in [6.45, 7) is 1.87. The normalized spacial score (nSPS) is 13.3. The fraction of sp³-hybridized carbons (Fsp3) is 0.312. The first kappa shape index (κ1) is 18.8. The Kier molecular flexibility index (Phi) is 5.03. The molecule has 0 aliphatic rings. The smallest absolute Gasteiger partial charge is 0.384 e. The Hall–Kier alpha value is -2.00. The minimum Gasteiger partial charge on any atom is -0.384 e. The Morgan fingerprint density at radius 2 is 2.04 bits per heavy atom. The van der Waals surface area contributed by atoms with Gasteiger partial charge >= 0.3 is 6.18 Å². The molecule has 5 nitrogen and oxygen atoms in total. The van der Waals surface area contributed by atoms with Crippen molar-refractivity contribution in [1.82, 2.24) is 19.5 Å². The number of nitrogen functional groups attached to an aromatic ring is 1. The lowest BCUT2D eigenvalue weighted by molar-refractivity contribution is -0.127. The van der Waals surface area contributed by atoms with Crippen LogP contribution in [0.15, 0.2) is 29.7 Å². The Labute approximate surface area is 156 Å². The molecule has 0 amide bonds. The number of aromatic nitrogens is 4. The number of anilines is 1. The summed E-state index contributed by atoms with van der Waals surface area (Å²) in [5, 5.41) is 0.948. The van der Waals surface area contributed by atoms with E-state index in [2.05, 4.69) is 15.0 Å². The number of fused-ring (bicyclic) bond motifs is 1. The summed E-state index contributed by atoms with van der Waals surface area (Å²) in [6.07, 6.45) is -2.19. The van der Waals surface area contributed by atoms with Crippen LogP contribution in [-0.2, 0) is 13.5 Å². The fourth-order valence-corrected chi connectivity index (χ4v) is 3.76. The molecule has 1 unspecified atom stereocenters. The molecule has 0 saturated heterocycles. The van der Waals surface area contributed by atoms with E-state index < -0.39 is 12.6 Å². The highest BCUT2D eigenvalue weighted by Gasteiger charge is 2.29. The topological polar surface area (TPSA) is 69.6 Å². The van der Waals surface area contributed by atoms with Crippen LogP contribution in [0.5, 0.6) is 0 Å². The minimum atomic E-state index is -4.27. The van der Waals surface area contributed by atoms with Crippen molar-refractivity contribution in [3.05, 3.63) is 40.9 Å². The predicted octanol–water partition coefficient (Wildman–Crippen LogP) is 4.56. The van der Waals surface area contributed by atoms with E-state index in [1.165, 1.54) is 24.0 Å². The maximum Gasteiger partial charge on any atom is 0.393 e. The first-order chi connectivity index (χ1) is 12.1. The average Bonchev–Trinajstić information content (AvgIpc) is 2.80. The van der Waals surface area contributed by atoms with Gasteiger partial charge in [-0.1, -0.05) is 23.4 Å². The van der Waals surface area contributed by atoms with Crippen LogP contribution in [0.2, 0.25) is 5.15 Å². The van der Waals surface area contributed by atoms with E-state index >= 15 is 0 Å². The van der Waals surface area contributed by atoms with Crippen LogP contribution in [0.4, 0.5) is 19.0 Å². The van der Waals surface area contributed by atoms with Crippen LogP contribution in [0, 0.1) is 0 Å². The van der Waals surface area contributed by atoms with Crippen molar-refractivity contribution < 1.29 is 13.2 Å². The van der Waals surface area contributed by atoms with Crippen molar-refractivity contribution in [2.24, 2.45) is 7.05 Å². The van der Waals surface area contributed by atoms with Gasteiger partial charge in [-0.05, 0) is 18.6 Å². The maximum atomic E-state index is 12.8. The molecule has 0 aromatic carbocycles. The van der Waals surface area contributed by atoms with Crippen molar-refractivity contribution in [3.63, 3.8) is 0 Å². The molecular formula is C16H15ClF3N5S. The van der Waals surface area contributed by atoms with Gasteiger partial charge in [-0.3, -0.25) is 4.98 Å². The molecule has 0 saturated carbocycles. The van der Waals surface area contributed by atoms with Crippen molar-refractivity contribution in [2.45, 2.75) is 29.9 Å².